The summed E-state index contributed by atoms with van der Waals surface area (Å²) in [4.78, 5) is 14.8. The van der Waals surface area contributed by atoms with Gasteiger partial charge < -0.3 is 0 Å². The summed E-state index contributed by atoms with van der Waals surface area (Å²) in [6.45, 7) is 1.98. The predicted molar refractivity (Wildman–Crippen MR) is 101 cm³/mol. The lowest BCUT2D eigenvalue weighted by molar-refractivity contribution is -0.384. The van der Waals surface area contributed by atoms with Gasteiger partial charge in [-0.1, -0.05) is 29.8 Å². The van der Waals surface area contributed by atoms with Crippen molar-refractivity contribution in [3.8, 4) is 17.3 Å². The number of aryl methyl sites for hydroxylation is 1. The maximum Gasteiger partial charge on any atom is 0.270 e. The van der Waals surface area contributed by atoms with Gasteiger partial charge in [0.05, 0.1) is 16.3 Å². The Balaban J connectivity index is 1.84. The molecule has 8 heteroatoms. The number of nitriles is 1. The molecule has 2 aromatic carbocycles. The second kappa shape index (κ2) is 7.55. The largest absolute Gasteiger partial charge is 0.277 e. The summed E-state index contributed by atoms with van der Waals surface area (Å²) >= 11 is 1.25. The summed E-state index contributed by atoms with van der Waals surface area (Å²) in [5.74, 6) is 0. The lowest BCUT2D eigenvalue weighted by Crippen LogP contribution is -2.01. The number of aromatic nitrogens is 1. The molecule has 1 N–H and O–H groups in total. The van der Waals surface area contributed by atoms with Crippen LogP contribution in [0.2, 0.25) is 0 Å². The van der Waals surface area contributed by atoms with Crippen LogP contribution < -0.4 is 5.43 Å². The first kappa shape index (κ1) is 17.3. The molecule has 1 heterocycles. The minimum absolute atomic E-state index is 0.00717. The summed E-state index contributed by atoms with van der Waals surface area (Å²) in [5, 5.41) is 26.5. The molecule has 0 saturated carbocycles. The number of nitro groups is 1. The maximum absolute atomic E-state index is 10.9. The van der Waals surface area contributed by atoms with Crippen molar-refractivity contribution in [3.05, 3.63) is 74.6 Å². The highest BCUT2D eigenvalue weighted by atomic mass is 32.1. The van der Waals surface area contributed by atoms with Crippen LogP contribution in [0.5, 0.6) is 0 Å². The molecule has 0 spiro atoms. The Bertz CT molecular complexity index is 1020. The number of rotatable bonds is 5. The van der Waals surface area contributed by atoms with Gasteiger partial charge in [-0.15, -0.1) is 11.3 Å². The minimum Gasteiger partial charge on any atom is -0.277 e. The smallest absolute Gasteiger partial charge is 0.270 e. The molecule has 0 saturated heterocycles. The highest BCUT2D eigenvalue weighted by Crippen LogP contribution is 2.25. The van der Waals surface area contributed by atoms with Gasteiger partial charge in [0.15, 0.2) is 10.7 Å². The fraction of sp³-hybridized carbons (Fsp3) is 0.0556. The van der Waals surface area contributed by atoms with Crippen LogP contribution in [0.25, 0.3) is 11.3 Å². The van der Waals surface area contributed by atoms with Crippen molar-refractivity contribution in [1.82, 2.24) is 4.98 Å². The van der Waals surface area contributed by atoms with Crippen molar-refractivity contribution in [2.75, 3.05) is 5.43 Å². The molecule has 128 valence electrons. The first-order chi connectivity index (χ1) is 12.6. The van der Waals surface area contributed by atoms with E-state index in [9.17, 15) is 15.4 Å². The van der Waals surface area contributed by atoms with E-state index in [1.54, 1.807) is 17.5 Å². The van der Waals surface area contributed by atoms with E-state index >= 15 is 0 Å². The molecular weight excluding hydrogens is 350 g/mol. The molecule has 0 fully saturated rings. The van der Waals surface area contributed by atoms with Gasteiger partial charge in [-0.05, 0) is 19.1 Å². The van der Waals surface area contributed by atoms with Crippen LogP contribution in [0.15, 0.2) is 59.0 Å². The van der Waals surface area contributed by atoms with Crippen molar-refractivity contribution in [1.29, 1.82) is 5.26 Å². The number of nitrogens with one attached hydrogen (secondary N) is 1. The van der Waals surface area contributed by atoms with Crippen molar-refractivity contribution >= 4 is 28.4 Å². The van der Waals surface area contributed by atoms with Gasteiger partial charge in [0.2, 0.25) is 0 Å². The molecule has 0 aliphatic carbocycles. The molecule has 0 atom stereocenters. The van der Waals surface area contributed by atoms with Gasteiger partial charge >= 0.3 is 0 Å². The van der Waals surface area contributed by atoms with Crippen molar-refractivity contribution < 1.29 is 4.92 Å². The number of hydrazone groups is 1. The van der Waals surface area contributed by atoms with E-state index in [2.05, 4.69) is 15.5 Å². The molecule has 0 aliphatic heterocycles. The molecule has 0 radical (unpaired) electrons. The lowest BCUT2D eigenvalue weighted by Gasteiger charge is -2.01. The zero-order valence-electron chi connectivity index (χ0n) is 13.7. The average Bonchev–Trinajstić information content (AvgIpc) is 3.14. The second-order valence-corrected chi connectivity index (χ2v) is 6.25. The molecule has 26 heavy (non-hydrogen) atoms. The minimum atomic E-state index is -0.454. The third-order valence-electron chi connectivity index (χ3n) is 3.51. The fourth-order valence-electron chi connectivity index (χ4n) is 2.16. The van der Waals surface area contributed by atoms with Gasteiger partial charge in [-0.25, -0.2) is 4.98 Å². The molecular formula is C18H13N5O2S. The highest BCUT2D eigenvalue weighted by molar-refractivity contribution is 7.12. The van der Waals surface area contributed by atoms with Crippen LogP contribution in [-0.2, 0) is 0 Å². The number of hydrogen-bond donors (Lipinski definition) is 1. The SMILES string of the molecule is Cc1ccc(N/N=C(\C#N)c2nc(-c3cccc([N+](=O)[O-])c3)cs2)cc1. The van der Waals surface area contributed by atoms with E-state index in [0.717, 1.165) is 11.3 Å². The molecule has 1 aromatic heterocycles. The van der Waals surface area contributed by atoms with Crippen molar-refractivity contribution in [3.63, 3.8) is 0 Å². The van der Waals surface area contributed by atoms with Crippen LogP contribution in [-0.4, -0.2) is 15.6 Å². The molecule has 0 amide bonds. The number of hydrogen-bond acceptors (Lipinski definition) is 7. The first-order valence-electron chi connectivity index (χ1n) is 7.58. The Morgan fingerprint density at radius 3 is 2.77 bits per heavy atom. The Hall–Kier alpha value is -3.57. The molecule has 0 aliphatic rings. The summed E-state index contributed by atoms with van der Waals surface area (Å²) in [5.41, 5.74) is 6.04. The summed E-state index contributed by atoms with van der Waals surface area (Å²) < 4.78 is 0. The highest BCUT2D eigenvalue weighted by Gasteiger charge is 2.13. The monoisotopic (exact) mass is 363 g/mol. The number of thiazole rings is 1. The van der Waals surface area contributed by atoms with E-state index in [-0.39, 0.29) is 11.4 Å². The number of nitro benzene ring substituents is 1. The first-order valence-corrected chi connectivity index (χ1v) is 8.46. The molecule has 3 rings (SSSR count). The van der Waals surface area contributed by atoms with Gasteiger partial charge in [-0.3, -0.25) is 15.5 Å². The van der Waals surface area contributed by atoms with E-state index in [1.807, 2.05) is 37.3 Å². The normalized spacial score (nSPS) is 11.0. The van der Waals surface area contributed by atoms with Gasteiger partial charge in [-0.2, -0.15) is 10.4 Å². The zero-order valence-corrected chi connectivity index (χ0v) is 14.5. The van der Waals surface area contributed by atoms with Crippen LogP contribution in [0.4, 0.5) is 11.4 Å². The molecule has 0 unspecified atom stereocenters. The van der Waals surface area contributed by atoms with Crippen LogP contribution in [0.3, 0.4) is 0 Å². The standard InChI is InChI=1S/C18H13N5O2S/c1-12-5-7-14(8-6-12)21-22-16(10-19)18-20-17(11-26-18)13-3-2-4-15(9-13)23(24)25/h2-9,11,21H,1H3/b22-16+. The van der Waals surface area contributed by atoms with Crippen LogP contribution in [0, 0.1) is 28.4 Å². The molecule has 3 aromatic rings. The van der Waals surface area contributed by atoms with E-state index < -0.39 is 4.92 Å². The Morgan fingerprint density at radius 1 is 1.31 bits per heavy atom. The van der Waals surface area contributed by atoms with Crippen molar-refractivity contribution in [2.45, 2.75) is 6.92 Å². The number of benzene rings is 2. The fourth-order valence-corrected chi connectivity index (χ4v) is 2.93. The van der Waals surface area contributed by atoms with E-state index in [0.29, 0.717) is 16.3 Å². The van der Waals surface area contributed by atoms with Gasteiger partial charge in [0.1, 0.15) is 6.07 Å². The quantitative estimate of drug-likeness (QED) is 0.412. The summed E-state index contributed by atoms with van der Waals surface area (Å²) in [7, 11) is 0. The summed E-state index contributed by atoms with van der Waals surface area (Å²) in [6.07, 6.45) is 0. The maximum atomic E-state index is 10.9. The van der Waals surface area contributed by atoms with Crippen LogP contribution in [0.1, 0.15) is 10.6 Å². The lowest BCUT2D eigenvalue weighted by atomic mass is 10.1. The number of anilines is 1. The molecule has 0 bridgehead atoms. The number of non-ortho nitro benzene ring substituents is 1. The summed E-state index contributed by atoms with van der Waals surface area (Å²) in [6, 6.07) is 15.8. The average molecular weight is 363 g/mol. The van der Waals surface area contributed by atoms with E-state index in [1.165, 1.54) is 23.5 Å². The van der Waals surface area contributed by atoms with Crippen LogP contribution >= 0.6 is 11.3 Å². The Morgan fingerprint density at radius 2 is 2.08 bits per heavy atom. The topological polar surface area (TPSA) is 104 Å². The second-order valence-electron chi connectivity index (χ2n) is 5.40. The third-order valence-corrected chi connectivity index (χ3v) is 4.36. The molecule has 7 nitrogen and oxygen atoms in total. The van der Waals surface area contributed by atoms with Gasteiger partial charge in [0, 0.05) is 23.1 Å². The Kier molecular flexibility index (Phi) is 5.01. The van der Waals surface area contributed by atoms with Gasteiger partial charge in [0.25, 0.3) is 5.69 Å². The van der Waals surface area contributed by atoms with Crippen molar-refractivity contribution in [2.24, 2.45) is 5.10 Å². The Labute approximate surface area is 153 Å². The third kappa shape index (κ3) is 3.91. The number of nitrogens with zero attached hydrogens (tertiary/aromatic N) is 4. The predicted octanol–water partition coefficient (Wildman–Crippen LogP) is 4.37. The van der Waals surface area contributed by atoms with E-state index in [4.69, 9.17) is 0 Å². The zero-order chi connectivity index (χ0) is 18.5.